The second-order valence-corrected chi connectivity index (χ2v) is 6.04. The minimum absolute atomic E-state index is 0.125. The number of aliphatic hydroxyl groups excluding tert-OH is 2. The van der Waals surface area contributed by atoms with E-state index in [2.05, 4.69) is 0 Å². The van der Waals surface area contributed by atoms with Crippen LogP contribution in [0.25, 0.3) is 6.08 Å². The van der Waals surface area contributed by atoms with Gasteiger partial charge in [-0.05, 0) is 23.8 Å². The Morgan fingerprint density at radius 3 is 2.54 bits per heavy atom. The summed E-state index contributed by atoms with van der Waals surface area (Å²) in [6.07, 6.45) is -3.24. The van der Waals surface area contributed by atoms with Crippen LogP contribution in [0.1, 0.15) is 18.4 Å². The van der Waals surface area contributed by atoms with Crippen LogP contribution >= 0.6 is 0 Å². The Balaban J connectivity index is 2.06. The maximum atomic E-state index is 11.9. The minimum atomic E-state index is -2.30. The van der Waals surface area contributed by atoms with Gasteiger partial charge in [-0.1, -0.05) is 6.07 Å². The van der Waals surface area contributed by atoms with Crippen LogP contribution in [0.5, 0.6) is 11.5 Å². The van der Waals surface area contributed by atoms with Gasteiger partial charge in [0, 0.05) is 18.9 Å². The molecule has 0 heterocycles. The van der Waals surface area contributed by atoms with E-state index in [9.17, 15) is 30.0 Å². The number of esters is 1. The van der Waals surface area contributed by atoms with E-state index in [-0.39, 0.29) is 11.5 Å². The quantitative estimate of drug-likeness (QED) is 0.347. The summed E-state index contributed by atoms with van der Waals surface area (Å²) in [5.41, 5.74) is -1.83. The molecule has 1 aliphatic rings. The van der Waals surface area contributed by atoms with Gasteiger partial charge in [-0.15, -0.1) is 0 Å². The van der Waals surface area contributed by atoms with Crippen molar-refractivity contribution in [1.82, 2.24) is 0 Å². The lowest BCUT2D eigenvalue weighted by Gasteiger charge is -2.39. The van der Waals surface area contributed by atoms with E-state index < -0.39 is 48.7 Å². The highest BCUT2D eigenvalue weighted by Gasteiger charge is 2.50. The van der Waals surface area contributed by atoms with Crippen molar-refractivity contribution < 1.29 is 44.6 Å². The summed E-state index contributed by atoms with van der Waals surface area (Å²) in [4.78, 5) is 23.0. The lowest BCUT2D eigenvalue weighted by Crippen LogP contribution is -2.57. The van der Waals surface area contributed by atoms with Gasteiger partial charge < -0.3 is 35.0 Å². The zero-order valence-corrected chi connectivity index (χ0v) is 13.9. The first-order valence-electron chi connectivity index (χ1n) is 7.74. The van der Waals surface area contributed by atoms with Crippen molar-refractivity contribution in [2.75, 3.05) is 7.11 Å². The fourth-order valence-corrected chi connectivity index (χ4v) is 2.70. The maximum Gasteiger partial charge on any atom is 0.335 e. The Bertz CT molecular complexity index is 714. The van der Waals surface area contributed by atoms with E-state index in [1.165, 1.54) is 25.3 Å². The monoisotopic (exact) mass is 368 g/mol. The number of phenols is 1. The number of hydrogen-bond acceptors (Lipinski definition) is 8. The van der Waals surface area contributed by atoms with Crippen LogP contribution in [-0.2, 0) is 14.3 Å². The van der Waals surface area contributed by atoms with Gasteiger partial charge in [-0.25, -0.2) is 9.59 Å². The van der Waals surface area contributed by atoms with Crippen molar-refractivity contribution in [3.63, 3.8) is 0 Å². The summed E-state index contributed by atoms with van der Waals surface area (Å²) in [7, 11) is 1.39. The molecule has 0 aliphatic heterocycles. The van der Waals surface area contributed by atoms with Crippen molar-refractivity contribution >= 4 is 18.0 Å². The smallest absolute Gasteiger partial charge is 0.335 e. The molecular weight excluding hydrogens is 348 g/mol. The zero-order chi connectivity index (χ0) is 19.5. The van der Waals surface area contributed by atoms with Crippen molar-refractivity contribution in [2.45, 2.75) is 36.8 Å². The molecule has 0 amide bonds. The first kappa shape index (κ1) is 19.7. The molecule has 0 spiro atoms. The molecule has 1 saturated carbocycles. The summed E-state index contributed by atoms with van der Waals surface area (Å²) in [6, 6.07) is 4.42. The lowest BCUT2D eigenvalue weighted by molar-refractivity contribution is -0.196. The molecule has 26 heavy (non-hydrogen) atoms. The summed E-state index contributed by atoms with van der Waals surface area (Å²) in [5.74, 6) is -2.35. The van der Waals surface area contributed by atoms with Gasteiger partial charge in [0.25, 0.3) is 0 Å². The Kier molecular flexibility index (Phi) is 5.86. The number of carbonyl (C=O) groups is 2. The number of aromatic hydroxyl groups is 1. The summed E-state index contributed by atoms with van der Waals surface area (Å²) >= 11 is 0. The van der Waals surface area contributed by atoms with Crippen molar-refractivity contribution in [2.24, 2.45) is 0 Å². The number of carboxylic acid groups (broad SMARTS) is 1. The number of carbonyl (C=O) groups excluding carboxylic acids is 1. The molecule has 1 aromatic carbocycles. The minimum Gasteiger partial charge on any atom is -0.504 e. The van der Waals surface area contributed by atoms with Crippen molar-refractivity contribution in [3.8, 4) is 11.5 Å². The Labute approximate surface area is 148 Å². The van der Waals surface area contributed by atoms with Crippen LogP contribution in [0.15, 0.2) is 24.3 Å². The highest BCUT2D eigenvalue weighted by Crippen LogP contribution is 2.31. The average Bonchev–Trinajstić information content (AvgIpc) is 2.57. The molecule has 0 radical (unpaired) electrons. The number of aliphatic hydroxyl groups is 3. The number of hydrogen-bond donors (Lipinski definition) is 5. The van der Waals surface area contributed by atoms with Crippen LogP contribution in [0.3, 0.4) is 0 Å². The van der Waals surface area contributed by atoms with Gasteiger partial charge in [0.15, 0.2) is 17.1 Å². The van der Waals surface area contributed by atoms with Gasteiger partial charge >= 0.3 is 11.9 Å². The number of ether oxygens (including phenoxy) is 2. The van der Waals surface area contributed by atoms with Crippen LogP contribution < -0.4 is 4.74 Å². The molecule has 4 atom stereocenters. The SMILES string of the molecule is COc1ccc(C=CC(=O)OC2CC(O)(C(=O)O)CC(O)C2O)cc1O. The molecule has 9 nitrogen and oxygen atoms in total. The molecule has 5 N–H and O–H groups in total. The standard InChI is InChI=1S/C17H20O9/c1-25-12-4-2-9(6-10(12)18)3-5-14(20)26-13-8-17(24,16(22)23)7-11(19)15(13)21/h2-6,11,13,15,18-19,21,24H,7-8H2,1H3,(H,22,23). The molecule has 0 bridgehead atoms. The molecular formula is C17H20O9. The molecule has 0 saturated heterocycles. The fourth-order valence-electron chi connectivity index (χ4n) is 2.70. The first-order valence-corrected chi connectivity index (χ1v) is 7.74. The average molecular weight is 368 g/mol. The number of methoxy groups -OCH3 is 1. The highest BCUT2D eigenvalue weighted by molar-refractivity contribution is 5.87. The summed E-state index contributed by atoms with van der Waals surface area (Å²) in [6.45, 7) is 0. The lowest BCUT2D eigenvalue weighted by atomic mass is 9.79. The molecule has 1 aliphatic carbocycles. The van der Waals surface area contributed by atoms with Gasteiger partial charge in [-0.3, -0.25) is 0 Å². The third kappa shape index (κ3) is 4.31. The number of carboxylic acids is 1. The Morgan fingerprint density at radius 1 is 1.27 bits per heavy atom. The van der Waals surface area contributed by atoms with E-state index in [0.29, 0.717) is 5.56 Å². The number of aliphatic carboxylic acids is 1. The zero-order valence-electron chi connectivity index (χ0n) is 13.9. The van der Waals surface area contributed by atoms with Crippen LogP contribution in [-0.4, -0.2) is 68.5 Å². The van der Waals surface area contributed by atoms with Crippen LogP contribution in [0.2, 0.25) is 0 Å². The van der Waals surface area contributed by atoms with E-state index in [0.717, 1.165) is 6.08 Å². The van der Waals surface area contributed by atoms with Gasteiger partial charge in [0.2, 0.25) is 0 Å². The Morgan fingerprint density at radius 2 is 1.96 bits per heavy atom. The van der Waals surface area contributed by atoms with Gasteiger partial charge in [-0.2, -0.15) is 0 Å². The third-order valence-electron chi connectivity index (χ3n) is 4.14. The third-order valence-corrected chi connectivity index (χ3v) is 4.14. The number of benzene rings is 1. The number of rotatable bonds is 5. The fraction of sp³-hybridized carbons (Fsp3) is 0.412. The van der Waals surface area contributed by atoms with Gasteiger partial charge in [0.1, 0.15) is 12.2 Å². The van der Waals surface area contributed by atoms with Crippen LogP contribution in [0.4, 0.5) is 0 Å². The molecule has 2 rings (SSSR count). The molecule has 1 fully saturated rings. The van der Waals surface area contributed by atoms with Gasteiger partial charge in [0.05, 0.1) is 13.2 Å². The Hall–Kier alpha value is -2.62. The van der Waals surface area contributed by atoms with E-state index >= 15 is 0 Å². The highest BCUT2D eigenvalue weighted by atomic mass is 16.6. The predicted molar refractivity (Wildman–Crippen MR) is 87.4 cm³/mol. The van der Waals surface area contributed by atoms with E-state index in [1.807, 2.05) is 0 Å². The second kappa shape index (κ2) is 7.73. The molecule has 1 aromatic rings. The normalized spacial score (nSPS) is 28.7. The van der Waals surface area contributed by atoms with Crippen molar-refractivity contribution in [3.05, 3.63) is 29.8 Å². The topological polar surface area (TPSA) is 154 Å². The largest absolute Gasteiger partial charge is 0.504 e. The first-order chi connectivity index (χ1) is 12.2. The maximum absolute atomic E-state index is 11.9. The summed E-state index contributed by atoms with van der Waals surface area (Å²) < 4.78 is 9.87. The van der Waals surface area contributed by atoms with Crippen molar-refractivity contribution in [1.29, 1.82) is 0 Å². The molecule has 0 aromatic heterocycles. The van der Waals surface area contributed by atoms with Crippen LogP contribution in [0, 0.1) is 0 Å². The van der Waals surface area contributed by atoms with E-state index in [1.54, 1.807) is 6.07 Å². The molecule has 4 unspecified atom stereocenters. The number of phenolic OH excluding ortho intramolecular Hbond substituents is 1. The second-order valence-electron chi connectivity index (χ2n) is 6.04. The molecule has 142 valence electrons. The predicted octanol–water partition coefficient (Wildman–Crippen LogP) is -0.343. The molecule has 9 heteroatoms. The summed E-state index contributed by atoms with van der Waals surface area (Å²) in [5, 5.41) is 48.3. The van der Waals surface area contributed by atoms with E-state index in [4.69, 9.17) is 14.6 Å².